The van der Waals surface area contributed by atoms with E-state index >= 15 is 0 Å². The normalized spacial score (nSPS) is 18.4. The minimum Gasteiger partial charge on any atom is -0.497 e. The number of hydrogen-bond donors (Lipinski definition) is 1. The fraction of sp³-hybridized carbons (Fsp3) is 0.385. The molecule has 3 heterocycles. The zero-order valence-corrected chi connectivity index (χ0v) is 19.3. The van der Waals surface area contributed by atoms with E-state index in [1.807, 2.05) is 36.4 Å². The molecule has 1 aliphatic carbocycles. The lowest BCUT2D eigenvalue weighted by Crippen LogP contribution is -2.32. The topological polar surface area (TPSA) is 89.3 Å². The van der Waals surface area contributed by atoms with Crippen LogP contribution in [0.15, 0.2) is 54.9 Å². The minimum atomic E-state index is -0.383. The second-order valence-electron chi connectivity index (χ2n) is 8.96. The van der Waals surface area contributed by atoms with Crippen LogP contribution in [0, 0.1) is 5.92 Å². The third kappa shape index (κ3) is 4.53. The number of aromatic nitrogens is 3. The second-order valence-corrected chi connectivity index (χ2v) is 8.96. The van der Waals surface area contributed by atoms with Crippen LogP contribution in [0.3, 0.4) is 0 Å². The van der Waals surface area contributed by atoms with Crippen molar-refractivity contribution >= 4 is 17.5 Å². The summed E-state index contributed by atoms with van der Waals surface area (Å²) in [5.74, 6) is 0.181. The van der Waals surface area contributed by atoms with E-state index < -0.39 is 0 Å². The molecule has 3 aromatic rings. The average molecular weight is 460 g/mol. The first-order valence-electron chi connectivity index (χ1n) is 11.8. The number of rotatable bonds is 7. The lowest BCUT2D eigenvalue weighted by atomic mass is 10.1. The van der Waals surface area contributed by atoms with Crippen molar-refractivity contribution in [3.05, 3.63) is 60.6 Å². The molecular weight excluding hydrogens is 430 g/mol. The number of nitrogens with one attached hydrogen (secondary N) is 1. The van der Waals surface area contributed by atoms with Gasteiger partial charge in [-0.15, -0.1) is 0 Å². The second kappa shape index (κ2) is 9.67. The quantitative estimate of drug-likeness (QED) is 0.581. The van der Waals surface area contributed by atoms with Gasteiger partial charge in [0.25, 0.3) is 0 Å². The summed E-state index contributed by atoms with van der Waals surface area (Å²) in [6.45, 7) is 0.708. The molecule has 2 fully saturated rings. The van der Waals surface area contributed by atoms with E-state index in [9.17, 15) is 9.59 Å². The third-order valence-corrected chi connectivity index (χ3v) is 6.76. The van der Waals surface area contributed by atoms with Gasteiger partial charge in [0.2, 0.25) is 11.8 Å². The highest BCUT2D eigenvalue weighted by atomic mass is 16.5. The van der Waals surface area contributed by atoms with Crippen molar-refractivity contribution in [2.24, 2.45) is 5.92 Å². The predicted octanol–water partition coefficient (Wildman–Crippen LogP) is 3.74. The minimum absolute atomic E-state index is 0.0456. The summed E-state index contributed by atoms with van der Waals surface area (Å²) in [4.78, 5) is 31.3. The van der Waals surface area contributed by atoms with Crippen molar-refractivity contribution < 1.29 is 14.3 Å². The van der Waals surface area contributed by atoms with Crippen LogP contribution in [0.1, 0.15) is 43.8 Å². The molecule has 1 N–H and O–H groups in total. The number of methoxy groups -OCH3 is 1. The maximum absolute atomic E-state index is 12.9. The summed E-state index contributed by atoms with van der Waals surface area (Å²) in [6, 6.07) is 13.7. The molecular formula is C26H29N5O3. The first-order chi connectivity index (χ1) is 16.6. The molecule has 5 rings (SSSR count). The van der Waals surface area contributed by atoms with Gasteiger partial charge >= 0.3 is 0 Å². The Labute approximate surface area is 198 Å². The summed E-state index contributed by atoms with van der Waals surface area (Å²) < 4.78 is 7.30. The van der Waals surface area contributed by atoms with Gasteiger partial charge in [0, 0.05) is 36.6 Å². The molecule has 1 unspecified atom stereocenters. The number of benzene rings is 1. The first-order valence-corrected chi connectivity index (χ1v) is 11.8. The van der Waals surface area contributed by atoms with E-state index in [1.54, 1.807) is 24.4 Å². The van der Waals surface area contributed by atoms with Gasteiger partial charge in [-0.25, -0.2) is 0 Å². The third-order valence-electron chi connectivity index (χ3n) is 6.76. The molecule has 0 bridgehead atoms. The van der Waals surface area contributed by atoms with Crippen LogP contribution < -0.4 is 15.0 Å². The van der Waals surface area contributed by atoms with Crippen LogP contribution in [0.4, 0.5) is 5.69 Å². The maximum Gasteiger partial charge on any atom is 0.227 e. The molecule has 8 nitrogen and oxygen atoms in total. The molecule has 176 valence electrons. The van der Waals surface area contributed by atoms with Crippen molar-refractivity contribution in [2.45, 2.75) is 44.7 Å². The molecule has 0 spiro atoms. The molecule has 1 saturated carbocycles. The van der Waals surface area contributed by atoms with Gasteiger partial charge in [0.05, 0.1) is 37.0 Å². The molecule has 34 heavy (non-hydrogen) atoms. The number of ether oxygens (including phenoxy) is 1. The number of pyridine rings is 1. The maximum atomic E-state index is 12.9. The number of carbonyl (C=O) groups is 2. The van der Waals surface area contributed by atoms with Crippen molar-refractivity contribution in [1.29, 1.82) is 0 Å². The van der Waals surface area contributed by atoms with E-state index in [4.69, 9.17) is 9.84 Å². The van der Waals surface area contributed by atoms with Crippen LogP contribution >= 0.6 is 0 Å². The van der Waals surface area contributed by atoms with Gasteiger partial charge < -0.3 is 15.0 Å². The zero-order valence-electron chi connectivity index (χ0n) is 19.3. The lowest BCUT2D eigenvalue weighted by Gasteiger charge is -2.17. The summed E-state index contributed by atoms with van der Waals surface area (Å²) in [6.07, 6.45) is 8.45. The van der Waals surface area contributed by atoms with Gasteiger partial charge in [0.15, 0.2) is 0 Å². The summed E-state index contributed by atoms with van der Waals surface area (Å²) in [7, 11) is 1.60. The Hall–Kier alpha value is -3.68. The molecule has 2 amide bonds. The smallest absolute Gasteiger partial charge is 0.227 e. The number of anilines is 1. The standard InChI is InChI=1S/C26H29N5O3/c1-34-23-8-6-21(7-9-23)30-17-19(14-25(30)32)26(33)28-16-20-15-24(18-10-12-27-13-11-18)31(29-20)22-4-2-3-5-22/h6-13,15,19,22H,2-5,14,16-17H2,1H3,(H,28,33). The molecule has 1 aliphatic heterocycles. The Balaban J connectivity index is 1.26. The molecule has 1 atom stereocenters. The summed E-state index contributed by atoms with van der Waals surface area (Å²) in [5, 5.41) is 7.86. The van der Waals surface area contributed by atoms with Crippen molar-refractivity contribution in [2.75, 3.05) is 18.6 Å². The van der Waals surface area contributed by atoms with Crippen molar-refractivity contribution in [1.82, 2.24) is 20.1 Å². The highest BCUT2D eigenvalue weighted by molar-refractivity contribution is 6.00. The van der Waals surface area contributed by atoms with Crippen LogP contribution in [0.2, 0.25) is 0 Å². The summed E-state index contributed by atoms with van der Waals surface area (Å²) in [5.41, 5.74) is 3.73. The Bertz CT molecular complexity index is 1150. The fourth-order valence-corrected chi connectivity index (χ4v) is 4.91. The first kappa shape index (κ1) is 22.1. The zero-order chi connectivity index (χ0) is 23.5. The Morgan fingerprint density at radius 2 is 1.85 bits per heavy atom. The molecule has 2 aliphatic rings. The van der Waals surface area contributed by atoms with Gasteiger partial charge in [0.1, 0.15) is 5.75 Å². The molecule has 2 aromatic heterocycles. The molecule has 0 radical (unpaired) electrons. The van der Waals surface area contributed by atoms with Gasteiger partial charge in [-0.3, -0.25) is 19.3 Å². The van der Waals surface area contributed by atoms with E-state index in [-0.39, 0.29) is 24.2 Å². The molecule has 1 aromatic carbocycles. The summed E-state index contributed by atoms with van der Waals surface area (Å²) >= 11 is 0. The fourth-order valence-electron chi connectivity index (χ4n) is 4.91. The lowest BCUT2D eigenvalue weighted by molar-refractivity contribution is -0.126. The SMILES string of the molecule is COc1ccc(N2CC(C(=O)NCc3cc(-c4ccncc4)n(C4CCCC4)n3)CC2=O)cc1. The number of hydrogen-bond acceptors (Lipinski definition) is 5. The Kier molecular flexibility index (Phi) is 6.29. The van der Waals surface area contributed by atoms with E-state index in [2.05, 4.69) is 21.0 Å². The van der Waals surface area contributed by atoms with Gasteiger partial charge in [-0.1, -0.05) is 12.8 Å². The van der Waals surface area contributed by atoms with Crippen molar-refractivity contribution in [3.8, 4) is 17.0 Å². The molecule has 1 saturated heterocycles. The number of nitrogens with zero attached hydrogens (tertiary/aromatic N) is 4. The van der Waals surface area contributed by atoms with Crippen LogP contribution in [-0.4, -0.2) is 40.2 Å². The van der Waals surface area contributed by atoms with Crippen LogP contribution in [0.5, 0.6) is 5.75 Å². The highest BCUT2D eigenvalue weighted by Crippen LogP contribution is 2.33. The van der Waals surface area contributed by atoms with E-state index in [0.29, 0.717) is 19.1 Å². The average Bonchev–Trinajstić information content (AvgIpc) is 3.63. The Morgan fingerprint density at radius 1 is 1.12 bits per heavy atom. The van der Waals surface area contributed by atoms with E-state index in [0.717, 1.165) is 41.2 Å². The number of carbonyl (C=O) groups excluding carboxylic acids is 2. The van der Waals surface area contributed by atoms with Crippen LogP contribution in [-0.2, 0) is 16.1 Å². The Morgan fingerprint density at radius 3 is 2.56 bits per heavy atom. The van der Waals surface area contributed by atoms with Crippen LogP contribution in [0.25, 0.3) is 11.3 Å². The van der Waals surface area contributed by atoms with Gasteiger partial charge in [-0.2, -0.15) is 5.10 Å². The van der Waals surface area contributed by atoms with E-state index in [1.165, 1.54) is 12.8 Å². The largest absolute Gasteiger partial charge is 0.497 e. The van der Waals surface area contributed by atoms with Gasteiger partial charge in [-0.05, 0) is 55.3 Å². The predicted molar refractivity (Wildman–Crippen MR) is 128 cm³/mol. The number of amides is 2. The monoisotopic (exact) mass is 459 g/mol. The highest BCUT2D eigenvalue weighted by Gasteiger charge is 2.35. The van der Waals surface area contributed by atoms with Crippen molar-refractivity contribution in [3.63, 3.8) is 0 Å². The molecule has 8 heteroatoms.